The summed E-state index contributed by atoms with van der Waals surface area (Å²) in [5, 5.41) is 0. The fourth-order valence-electron chi connectivity index (χ4n) is 1.85. The fourth-order valence-corrected chi connectivity index (χ4v) is 2.55. The maximum absolute atomic E-state index is 13.4. The summed E-state index contributed by atoms with van der Waals surface area (Å²) < 4.78 is 26.5. The van der Waals surface area contributed by atoms with Gasteiger partial charge in [0.05, 0.1) is 0 Å². The molecule has 84 valence electrons. The minimum absolute atomic E-state index is 0.203. The summed E-state index contributed by atoms with van der Waals surface area (Å²) in [4.78, 5) is 10.6. The second-order valence-electron chi connectivity index (χ2n) is 3.59. The van der Waals surface area contributed by atoms with E-state index >= 15 is 0 Å². The van der Waals surface area contributed by atoms with E-state index in [9.17, 15) is 13.6 Å². The van der Waals surface area contributed by atoms with Crippen molar-refractivity contribution in [2.75, 3.05) is 0 Å². The van der Waals surface area contributed by atoms with Crippen LogP contribution in [0, 0.1) is 11.6 Å². The van der Waals surface area contributed by atoms with Crippen molar-refractivity contribution in [3.8, 4) is 0 Å². The quantitative estimate of drug-likeness (QED) is 0.624. The van der Waals surface area contributed by atoms with Crippen LogP contribution in [0.4, 0.5) is 8.78 Å². The van der Waals surface area contributed by atoms with Crippen molar-refractivity contribution in [2.24, 2.45) is 5.73 Å². The first-order valence-electron chi connectivity index (χ1n) is 4.62. The summed E-state index contributed by atoms with van der Waals surface area (Å²) in [5.74, 6) is -1.88. The lowest BCUT2D eigenvalue weighted by Crippen LogP contribution is -2.08. The second kappa shape index (κ2) is 3.97. The maximum atomic E-state index is 13.4. The van der Waals surface area contributed by atoms with Crippen LogP contribution in [-0.4, -0.2) is 10.7 Å². The van der Waals surface area contributed by atoms with E-state index in [4.69, 9.17) is 5.73 Å². The molecule has 16 heavy (non-hydrogen) atoms. The fraction of sp³-hybridized carbons (Fsp3) is 0.182. The first-order chi connectivity index (χ1) is 7.49. The van der Waals surface area contributed by atoms with Crippen LogP contribution in [0.15, 0.2) is 18.2 Å². The number of primary amides is 1. The summed E-state index contributed by atoms with van der Waals surface area (Å²) in [7, 11) is 0. The molecular weight excluding hydrogens is 280 g/mol. The Morgan fingerprint density at radius 2 is 2.19 bits per heavy atom. The topological polar surface area (TPSA) is 43.1 Å². The monoisotopic (exact) mass is 287 g/mol. The number of nitrogens with two attached hydrogens (primary N) is 1. The molecule has 1 amide bonds. The highest BCUT2D eigenvalue weighted by atomic mass is 79.9. The molecule has 0 aromatic heterocycles. The molecule has 0 saturated heterocycles. The van der Waals surface area contributed by atoms with Crippen LogP contribution in [0.3, 0.4) is 0 Å². The van der Waals surface area contributed by atoms with Gasteiger partial charge in [0.15, 0.2) is 0 Å². The van der Waals surface area contributed by atoms with Gasteiger partial charge in [0.1, 0.15) is 11.6 Å². The lowest BCUT2D eigenvalue weighted by molar-refractivity contribution is -0.113. The molecule has 1 aliphatic carbocycles. The number of hydrogen-bond acceptors (Lipinski definition) is 1. The van der Waals surface area contributed by atoms with Gasteiger partial charge in [-0.25, -0.2) is 8.78 Å². The van der Waals surface area contributed by atoms with E-state index in [0.717, 1.165) is 6.07 Å². The normalized spacial score (nSPS) is 21.2. The Kier molecular flexibility index (Phi) is 2.80. The van der Waals surface area contributed by atoms with E-state index in [-0.39, 0.29) is 4.83 Å². The molecule has 1 unspecified atom stereocenters. The number of halogens is 3. The first-order valence-corrected chi connectivity index (χ1v) is 5.54. The van der Waals surface area contributed by atoms with E-state index in [2.05, 4.69) is 15.9 Å². The van der Waals surface area contributed by atoms with Gasteiger partial charge in [0, 0.05) is 17.0 Å². The number of amides is 1. The van der Waals surface area contributed by atoms with Gasteiger partial charge in [-0.1, -0.05) is 15.9 Å². The molecule has 0 aliphatic heterocycles. The third-order valence-electron chi connectivity index (χ3n) is 2.49. The summed E-state index contributed by atoms with van der Waals surface area (Å²) in [6.07, 6.45) is 1.59. The van der Waals surface area contributed by atoms with Crippen LogP contribution in [0.5, 0.6) is 0 Å². The van der Waals surface area contributed by atoms with Crippen LogP contribution in [0.1, 0.15) is 11.1 Å². The van der Waals surface area contributed by atoms with Gasteiger partial charge < -0.3 is 5.73 Å². The summed E-state index contributed by atoms with van der Waals surface area (Å²) in [6.45, 7) is 0. The molecule has 1 aromatic rings. The zero-order valence-electron chi connectivity index (χ0n) is 8.14. The highest BCUT2D eigenvalue weighted by Gasteiger charge is 2.28. The molecule has 1 aromatic carbocycles. The van der Waals surface area contributed by atoms with Gasteiger partial charge in [-0.15, -0.1) is 0 Å². The molecule has 0 fully saturated rings. The summed E-state index contributed by atoms with van der Waals surface area (Å²) >= 11 is 3.31. The highest BCUT2D eigenvalue weighted by Crippen LogP contribution is 2.38. The molecule has 5 heteroatoms. The molecule has 0 radical (unpaired) electrons. The van der Waals surface area contributed by atoms with Crippen molar-refractivity contribution >= 4 is 27.4 Å². The smallest absolute Gasteiger partial charge is 0.241 e. The summed E-state index contributed by atoms with van der Waals surface area (Å²) in [6, 6.07) is 2.06. The molecule has 2 N–H and O–H groups in total. The van der Waals surface area contributed by atoms with E-state index in [1.165, 1.54) is 12.1 Å². The van der Waals surface area contributed by atoms with E-state index in [0.29, 0.717) is 23.1 Å². The molecule has 0 saturated carbocycles. The molecule has 2 nitrogen and oxygen atoms in total. The molecule has 0 spiro atoms. The third kappa shape index (κ3) is 1.87. The van der Waals surface area contributed by atoms with Gasteiger partial charge >= 0.3 is 0 Å². The molecule has 1 atom stereocenters. The number of carbonyl (C=O) groups is 1. The lowest BCUT2D eigenvalue weighted by Gasteiger charge is -2.03. The van der Waals surface area contributed by atoms with Gasteiger partial charge in [-0.2, -0.15) is 0 Å². The third-order valence-corrected chi connectivity index (χ3v) is 3.31. The zero-order valence-corrected chi connectivity index (χ0v) is 9.72. The van der Waals surface area contributed by atoms with Crippen molar-refractivity contribution in [1.82, 2.24) is 0 Å². The van der Waals surface area contributed by atoms with E-state index in [1.54, 1.807) is 0 Å². The molecule has 2 rings (SSSR count). The number of alkyl halides is 1. The molecule has 0 bridgehead atoms. The number of allylic oxidation sites excluding steroid dienone is 1. The van der Waals surface area contributed by atoms with Crippen molar-refractivity contribution in [3.63, 3.8) is 0 Å². The number of fused-ring (bicyclic) bond motifs is 1. The Morgan fingerprint density at radius 1 is 1.50 bits per heavy atom. The molecular formula is C11H8BrF2NO. The molecule has 1 aliphatic rings. The van der Waals surface area contributed by atoms with Gasteiger partial charge in [-0.3, -0.25) is 4.79 Å². The zero-order chi connectivity index (χ0) is 11.9. The standard InChI is InChI=1S/C11H8BrF2NO/c12-9-3-8-6(7(9)4-11(15)16)1-5(13)2-10(8)14/h1-2,4,9H,3H2,(H2,15,16). The first kappa shape index (κ1) is 11.3. The Labute approximate surface area is 99.3 Å². The Bertz CT molecular complexity index is 499. The largest absolute Gasteiger partial charge is 0.366 e. The van der Waals surface area contributed by atoms with Crippen LogP contribution in [0.2, 0.25) is 0 Å². The van der Waals surface area contributed by atoms with Crippen molar-refractivity contribution in [1.29, 1.82) is 0 Å². The van der Waals surface area contributed by atoms with Crippen LogP contribution < -0.4 is 5.73 Å². The number of rotatable bonds is 1. The van der Waals surface area contributed by atoms with Crippen LogP contribution in [0.25, 0.3) is 5.57 Å². The van der Waals surface area contributed by atoms with Crippen molar-refractivity contribution in [3.05, 3.63) is 41.0 Å². The number of benzene rings is 1. The van der Waals surface area contributed by atoms with E-state index < -0.39 is 17.5 Å². The predicted octanol–water partition coefficient (Wildman–Crippen LogP) is 2.15. The Hall–Kier alpha value is -1.23. The van der Waals surface area contributed by atoms with E-state index in [1.807, 2.05) is 0 Å². The lowest BCUT2D eigenvalue weighted by atomic mass is 10.1. The van der Waals surface area contributed by atoms with Crippen molar-refractivity contribution < 1.29 is 13.6 Å². The Morgan fingerprint density at radius 3 is 2.81 bits per heavy atom. The maximum Gasteiger partial charge on any atom is 0.241 e. The number of hydrogen-bond donors (Lipinski definition) is 1. The highest BCUT2D eigenvalue weighted by molar-refractivity contribution is 9.09. The summed E-state index contributed by atoms with van der Waals surface area (Å²) in [5.41, 5.74) is 6.40. The average molecular weight is 288 g/mol. The Balaban J connectivity index is 2.61. The van der Waals surface area contributed by atoms with Crippen LogP contribution in [-0.2, 0) is 11.2 Å². The van der Waals surface area contributed by atoms with Crippen LogP contribution >= 0.6 is 15.9 Å². The van der Waals surface area contributed by atoms with Gasteiger partial charge in [0.25, 0.3) is 0 Å². The minimum atomic E-state index is -0.659. The second-order valence-corrected chi connectivity index (χ2v) is 4.69. The molecule has 0 heterocycles. The average Bonchev–Trinajstić information content (AvgIpc) is 2.45. The SMILES string of the molecule is NC(=O)C=C1c2cc(F)cc(F)c2CC1Br. The predicted molar refractivity (Wildman–Crippen MR) is 59.9 cm³/mol. The van der Waals surface area contributed by atoms with Crippen molar-refractivity contribution in [2.45, 2.75) is 11.2 Å². The number of carbonyl (C=O) groups excluding carboxylic acids is 1. The minimum Gasteiger partial charge on any atom is -0.366 e. The van der Waals surface area contributed by atoms with Gasteiger partial charge in [0.2, 0.25) is 5.91 Å². The van der Waals surface area contributed by atoms with Gasteiger partial charge in [-0.05, 0) is 29.2 Å².